The number of hydrogen-bond donors (Lipinski definition) is 1. The summed E-state index contributed by atoms with van der Waals surface area (Å²) in [6, 6.07) is 0. The number of amides is 1. The lowest BCUT2D eigenvalue weighted by atomic mass is 9.99. The fraction of sp³-hybridized carbons (Fsp3) is 0.692. The number of aryl methyl sites for hydroxylation is 1. The van der Waals surface area contributed by atoms with Gasteiger partial charge in [-0.3, -0.25) is 10.1 Å². The lowest BCUT2D eigenvalue weighted by molar-refractivity contribution is -0.117. The fourth-order valence-corrected chi connectivity index (χ4v) is 1.83. The summed E-state index contributed by atoms with van der Waals surface area (Å²) < 4.78 is 5.12. The van der Waals surface area contributed by atoms with Crippen LogP contribution in [0.5, 0.6) is 0 Å². The van der Waals surface area contributed by atoms with E-state index < -0.39 is 0 Å². The normalized spacial score (nSPS) is 10.9. The third-order valence-electron chi connectivity index (χ3n) is 3.24. The molecule has 0 bridgehead atoms. The predicted molar refractivity (Wildman–Crippen MR) is 67.9 cm³/mol. The first-order valence-electron chi connectivity index (χ1n) is 6.37. The standard InChI is InChI=1S/C13H22N2O2/c1-5-10(6-2)8-12(16)14-13-9(4)11(7-3)15-17-13/h10H,5-8H2,1-4H3,(H,14,16). The summed E-state index contributed by atoms with van der Waals surface area (Å²) in [6.45, 7) is 8.15. The van der Waals surface area contributed by atoms with Crippen molar-refractivity contribution < 1.29 is 9.32 Å². The third-order valence-corrected chi connectivity index (χ3v) is 3.24. The molecule has 0 saturated heterocycles. The van der Waals surface area contributed by atoms with E-state index in [1.54, 1.807) is 0 Å². The lowest BCUT2D eigenvalue weighted by Gasteiger charge is -2.10. The van der Waals surface area contributed by atoms with Gasteiger partial charge in [0.2, 0.25) is 11.8 Å². The minimum Gasteiger partial charge on any atom is -0.338 e. The highest BCUT2D eigenvalue weighted by molar-refractivity contribution is 5.90. The number of carbonyl (C=O) groups is 1. The molecule has 1 rings (SSSR count). The molecule has 0 unspecified atom stereocenters. The number of carbonyl (C=O) groups excluding carboxylic acids is 1. The van der Waals surface area contributed by atoms with Gasteiger partial charge in [0.1, 0.15) is 0 Å². The first kappa shape index (κ1) is 13.7. The molecule has 4 heteroatoms. The van der Waals surface area contributed by atoms with Gasteiger partial charge in [0.25, 0.3) is 0 Å². The Balaban J connectivity index is 2.58. The summed E-state index contributed by atoms with van der Waals surface area (Å²) in [5.41, 5.74) is 1.84. The molecule has 4 nitrogen and oxygen atoms in total. The van der Waals surface area contributed by atoms with Crippen LogP contribution in [0.1, 0.15) is 51.3 Å². The van der Waals surface area contributed by atoms with E-state index in [1.165, 1.54) is 0 Å². The Morgan fingerprint density at radius 1 is 1.35 bits per heavy atom. The molecule has 1 N–H and O–H groups in total. The lowest BCUT2D eigenvalue weighted by Crippen LogP contribution is -2.16. The smallest absolute Gasteiger partial charge is 0.234 e. The SMILES string of the molecule is CCc1noc(NC(=O)CC(CC)CC)c1C. The number of anilines is 1. The number of nitrogens with zero attached hydrogens (tertiary/aromatic N) is 1. The second-order valence-corrected chi connectivity index (χ2v) is 4.37. The highest BCUT2D eigenvalue weighted by Gasteiger charge is 2.15. The van der Waals surface area contributed by atoms with Crippen LogP contribution in [-0.4, -0.2) is 11.1 Å². The third kappa shape index (κ3) is 3.58. The molecule has 1 amide bonds. The van der Waals surface area contributed by atoms with Gasteiger partial charge in [-0.05, 0) is 19.3 Å². The summed E-state index contributed by atoms with van der Waals surface area (Å²) in [4.78, 5) is 11.8. The van der Waals surface area contributed by atoms with Crippen LogP contribution in [0.3, 0.4) is 0 Å². The van der Waals surface area contributed by atoms with Gasteiger partial charge in [0.15, 0.2) is 0 Å². The Morgan fingerprint density at radius 2 is 2.00 bits per heavy atom. The average molecular weight is 238 g/mol. The van der Waals surface area contributed by atoms with Crippen LogP contribution in [0.4, 0.5) is 5.88 Å². The van der Waals surface area contributed by atoms with Crippen molar-refractivity contribution in [2.75, 3.05) is 5.32 Å². The molecule has 0 aliphatic heterocycles. The first-order valence-corrected chi connectivity index (χ1v) is 6.37. The highest BCUT2D eigenvalue weighted by atomic mass is 16.5. The molecule has 96 valence electrons. The maximum absolute atomic E-state index is 11.8. The summed E-state index contributed by atoms with van der Waals surface area (Å²) >= 11 is 0. The number of rotatable bonds is 6. The Labute approximate surface area is 103 Å². The van der Waals surface area contributed by atoms with Crippen LogP contribution in [0, 0.1) is 12.8 Å². The second-order valence-electron chi connectivity index (χ2n) is 4.37. The molecular formula is C13H22N2O2. The minimum absolute atomic E-state index is 0.0144. The number of hydrogen-bond acceptors (Lipinski definition) is 3. The van der Waals surface area contributed by atoms with Crippen molar-refractivity contribution in [1.29, 1.82) is 0 Å². The zero-order chi connectivity index (χ0) is 12.8. The van der Waals surface area contributed by atoms with E-state index >= 15 is 0 Å². The van der Waals surface area contributed by atoms with Gasteiger partial charge < -0.3 is 4.52 Å². The summed E-state index contributed by atoms with van der Waals surface area (Å²) in [5.74, 6) is 0.960. The molecule has 0 saturated carbocycles. The van der Waals surface area contributed by atoms with Crippen LogP contribution in [0.15, 0.2) is 4.52 Å². The molecule has 0 fully saturated rings. The topological polar surface area (TPSA) is 55.1 Å². The molecule has 17 heavy (non-hydrogen) atoms. The average Bonchev–Trinajstić information content (AvgIpc) is 2.67. The maximum atomic E-state index is 11.8. The minimum atomic E-state index is 0.0144. The molecular weight excluding hydrogens is 216 g/mol. The van der Waals surface area contributed by atoms with Gasteiger partial charge in [-0.25, -0.2) is 0 Å². The molecule has 1 aromatic rings. The van der Waals surface area contributed by atoms with Gasteiger partial charge >= 0.3 is 0 Å². The van der Waals surface area contributed by atoms with Crippen LogP contribution in [-0.2, 0) is 11.2 Å². The largest absolute Gasteiger partial charge is 0.338 e. The van der Waals surface area contributed by atoms with Crippen molar-refractivity contribution in [2.24, 2.45) is 5.92 Å². The Morgan fingerprint density at radius 3 is 2.47 bits per heavy atom. The molecule has 0 aliphatic rings. The quantitative estimate of drug-likeness (QED) is 0.827. The van der Waals surface area contributed by atoms with Crippen molar-refractivity contribution in [3.05, 3.63) is 11.3 Å². The van der Waals surface area contributed by atoms with Gasteiger partial charge in [0.05, 0.1) is 5.69 Å². The molecule has 1 aromatic heterocycles. The van der Waals surface area contributed by atoms with E-state index in [4.69, 9.17) is 4.52 Å². The Kier molecular flexibility index (Phi) is 5.19. The fourth-order valence-electron chi connectivity index (χ4n) is 1.83. The van der Waals surface area contributed by atoms with Crippen LogP contribution in [0.2, 0.25) is 0 Å². The molecule has 0 atom stereocenters. The molecule has 0 aliphatic carbocycles. The number of aromatic nitrogens is 1. The summed E-state index contributed by atoms with van der Waals surface area (Å²) in [5, 5.41) is 6.71. The van der Waals surface area contributed by atoms with Crippen LogP contribution in [0.25, 0.3) is 0 Å². The van der Waals surface area contributed by atoms with E-state index in [0.717, 1.165) is 30.5 Å². The summed E-state index contributed by atoms with van der Waals surface area (Å²) in [6.07, 6.45) is 3.42. The van der Waals surface area contributed by atoms with Gasteiger partial charge in [0, 0.05) is 12.0 Å². The van der Waals surface area contributed by atoms with Gasteiger partial charge in [-0.1, -0.05) is 38.8 Å². The Bertz CT molecular complexity index is 367. The van der Waals surface area contributed by atoms with Gasteiger partial charge in [-0.15, -0.1) is 0 Å². The van der Waals surface area contributed by atoms with Crippen molar-refractivity contribution in [3.63, 3.8) is 0 Å². The molecule has 1 heterocycles. The predicted octanol–water partition coefficient (Wildman–Crippen LogP) is 3.31. The Hall–Kier alpha value is -1.32. The maximum Gasteiger partial charge on any atom is 0.234 e. The van der Waals surface area contributed by atoms with Crippen LogP contribution >= 0.6 is 0 Å². The molecule has 0 spiro atoms. The monoisotopic (exact) mass is 238 g/mol. The van der Waals surface area contributed by atoms with Crippen molar-refractivity contribution in [2.45, 2.75) is 53.4 Å². The van der Waals surface area contributed by atoms with E-state index in [1.807, 2.05) is 13.8 Å². The summed E-state index contributed by atoms with van der Waals surface area (Å²) in [7, 11) is 0. The number of nitrogens with one attached hydrogen (secondary N) is 1. The molecule has 0 aromatic carbocycles. The zero-order valence-electron chi connectivity index (χ0n) is 11.2. The van der Waals surface area contributed by atoms with Crippen molar-refractivity contribution in [3.8, 4) is 0 Å². The van der Waals surface area contributed by atoms with Crippen molar-refractivity contribution in [1.82, 2.24) is 5.16 Å². The van der Waals surface area contributed by atoms with Gasteiger partial charge in [-0.2, -0.15) is 0 Å². The first-order chi connectivity index (χ1) is 8.12. The van der Waals surface area contributed by atoms with E-state index in [9.17, 15) is 4.79 Å². The van der Waals surface area contributed by atoms with E-state index in [-0.39, 0.29) is 5.91 Å². The zero-order valence-corrected chi connectivity index (χ0v) is 11.2. The molecule has 0 radical (unpaired) electrons. The van der Waals surface area contributed by atoms with Crippen molar-refractivity contribution >= 4 is 11.8 Å². The van der Waals surface area contributed by atoms with E-state index in [2.05, 4.69) is 24.3 Å². The highest BCUT2D eigenvalue weighted by Crippen LogP contribution is 2.20. The van der Waals surface area contributed by atoms with Crippen LogP contribution < -0.4 is 5.32 Å². The van der Waals surface area contributed by atoms with E-state index in [0.29, 0.717) is 18.2 Å². The second kappa shape index (κ2) is 6.42.